The van der Waals surface area contributed by atoms with Gasteiger partial charge in [0, 0.05) is 6.20 Å². The fraction of sp³-hybridized carbons (Fsp3) is 0.167. The number of pyridine rings is 1. The Morgan fingerprint density at radius 1 is 1.36 bits per heavy atom. The molecule has 1 heterocycles. The van der Waals surface area contributed by atoms with Gasteiger partial charge in [0.25, 0.3) is 5.56 Å². The normalized spacial score (nSPS) is 11.5. The number of halogens is 3. The third kappa shape index (κ3) is 2.15. The lowest BCUT2D eigenvalue weighted by molar-refractivity contribution is -0.138. The largest absolute Gasteiger partial charge is 0.489 e. The van der Waals surface area contributed by atoms with E-state index < -0.39 is 29.9 Å². The van der Waals surface area contributed by atoms with Gasteiger partial charge >= 0.3 is 13.3 Å². The molecule has 1 aromatic rings. The van der Waals surface area contributed by atoms with Crippen molar-refractivity contribution in [3.05, 3.63) is 28.2 Å². The van der Waals surface area contributed by atoms with Crippen molar-refractivity contribution in [2.45, 2.75) is 6.18 Å². The van der Waals surface area contributed by atoms with Crippen molar-refractivity contribution in [3.8, 4) is 0 Å². The van der Waals surface area contributed by atoms with Gasteiger partial charge in [0.1, 0.15) is 5.56 Å². The molecule has 14 heavy (non-hydrogen) atoms. The summed E-state index contributed by atoms with van der Waals surface area (Å²) in [7, 11) is -2.05. The fourth-order valence-electron chi connectivity index (χ4n) is 0.860. The van der Waals surface area contributed by atoms with Crippen LogP contribution < -0.4 is 11.0 Å². The van der Waals surface area contributed by atoms with E-state index in [1.54, 1.807) is 4.98 Å². The summed E-state index contributed by atoms with van der Waals surface area (Å²) in [6, 6.07) is 0.392. The lowest BCUT2D eigenvalue weighted by Gasteiger charge is -2.06. The first kappa shape index (κ1) is 10.8. The molecule has 0 aliphatic rings. The summed E-state index contributed by atoms with van der Waals surface area (Å²) in [4.78, 5) is 12.5. The Bertz CT molecular complexity index is 387. The zero-order chi connectivity index (χ0) is 10.9. The molecule has 0 spiro atoms. The maximum Gasteiger partial charge on any atom is 0.489 e. The standard InChI is InChI=1S/C6H5BF3NO3/c8-6(9,10)4-1-3(7(13)14)2-11-5(4)12/h1-2,13-14H,(H,11,12). The molecule has 0 bridgehead atoms. The molecule has 3 N–H and O–H groups in total. The molecule has 0 radical (unpaired) electrons. The van der Waals surface area contributed by atoms with Crippen molar-refractivity contribution >= 4 is 12.6 Å². The highest BCUT2D eigenvalue weighted by Crippen LogP contribution is 2.25. The number of nitrogens with one attached hydrogen (secondary N) is 1. The van der Waals surface area contributed by atoms with Gasteiger partial charge in [-0.15, -0.1) is 0 Å². The van der Waals surface area contributed by atoms with Gasteiger partial charge in [0.2, 0.25) is 0 Å². The van der Waals surface area contributed by atoms with E-state index in [0.29, 0.717) is 6.07 Å². The highest BCUT2D eigenvalue weighted by molar-refractivity contribution is 6.58. The first-order valence-electron chi connectivity index (χ1n) is 3.48. The Morgan fingerprint density at radius 3 is 2.36 bits per heavy atom. The Hall–Kier alpha value is -1.28. The first-order valence-corrected chi connectivity index (χ1v) is 3.48. The van der Waals surface area contributed by atoms with Gasteiger partial charge in [0.05, 0.1) is 0 Å². The highest BCUT2D eigenvalue weighted by Gasteiger charge is 2.34. The molecule has 0 unspecified atom stereocenters. The number of aromatic nitrogens is 1. The van der Waals surface area contributed by atoms with Gasteiger partial charge in [-0.1, -0.05) is 0 Å². The van der Waals surface area contributed by atoms with Crippen molar-refractivity contribution < 1.29 is 23.2 Å². The van der Waals surface area contributed by atoms with Crippen LogP contribution in [-0.4, -0.2) is 22.2 Å². The van der Waals surface area contributed by atoms with Crippen molar-refractivity contribution in [3.63, 3.8) is 0 Å². The summed E-state index contributed by atoms with van der Waals surface area (Å²) in [5.74, 6) is 0. The van der Waals surface area contributed by atoms with Crippen LogP contribution in [0.2, 0.25) is 0 Å². The topological polar surface area (TPSA) is 73.3 Å². The van der Waals surface area contributed by atoms with Gasteiger partial charge in [-0.25, -0.2) is 0 Å². The molecule has 0 fully saturated rings. The predicted molar refractivity (Wildman–Crippen MR) is 41.9 cm³/mol. The van der Waals surface area contributed by atoms with Crippen molar-refractivity contribution in [1.29, 1.82) is 0 Å². The van der Waals surface area contributed by atoms with E-state index in [2.05, 4.69) is 0 Å². The second-order valence-corrected chi connectivity index (χ2v) is 2.55. The average Bonchev–Trinajstić information content (AvgIpc) is 2.02. The van der Waals surface area contributed by atoms with E-state index in [0.717, 1.165) is 6.20 Å². The van der Waals surface area contributed by atoms with Crippen molar-refractivity contribution in [1.82, 2.24) is 4.98 Å². The second-order valence-electron chi connectivity index (χ2n) is 2.55. The van der Waals surface area contributed by atoms with Crippen LogP contribution in [0.3, 0.4) is 0 Å². The number of hydrogen-bond acceptors (Lipinski definition) is 3. The third-order valence-electron chi connectivity index (χ3n) is 1.53. The van der Waals surface area contributed by atoms with Crippen LogP contribution in [0, 0.1) is 0 Å². The molecule has 0 atom stereocenters. The fourth-order valence-corrected chi connectivity index (χ4v) is 0.860. The summed E-state index contributed by atoms with van der Waals surface area (Å²) in [5, 5.41) is 17.1. The Labute approximate surface area is 76.2 Å². The molecule has 0 saturated heterocycles. The number of H-pyrrole nitrogens is 1. The van der Waals surface area contributed by atoms with Gasteiger partial charge < -0.3 is 15.0 Å². The Balaban J connectivity index is 3.30. The second kappa shape index (κ2) is 3.47. The van der Waals surface area contributed by atoms with Crippen molar-refractivity contribution in [2.75, 3.05) is 0 Å². The number of hydrogen-bond donors (Lipinski definition) is 3. The summed E-state index contributed by atoms with van der Waals surface area (Å²) in [6.45, 7) is 0. The van der Waals surface area contributed by atoms with E-state index in [1.165, 1.54) is 0 Å². The summed E-state index contributed by atoms with van der Waals surface area (Å²) < 4.78 is 36.3. The SMILES string of the molecule is O=c1[nH]cc(B(O)O)cc1C(F)(F)F. The molecular formula is C6H5BF3NO3. The molecule has 76 valence electrons. The monoisotopic (exact) mass is 207 g/mol. The zero-order valence-corrected chi connectivity index (χ0v) is 6.67. The number of aromatic amines is 1. The lowest BCUT2D eigenvalue weighted by atomic mass is 9.81. The molecule has 0 saturated carbocycles. The van der Waals surface area contributed by atoms with Gasteiger partial charge in [-0.3, -0.25) is 4.79 Å². The smallest absolute Gasteiger partial charge is 0.423 e. The molecule has 8 heteroatoms. The Morgan fingerprint density at radius 2 is 1.93 bits per heavy atom. The molecule has 1 aromatic heterocycles. The van der Waals surface area contributed by atoms with Gasteiger partial charge in [0.15, 0.2) is 0 Å². The van der Waals surface area contributed by atoms with Crippen LogP contribution in [-0.2, 0) is 6.18 Å². The predicted octanol–water partition coefficient (Wildman–Crippen LogP) is -0.926. The van der Waals surface area contributed by atoms with E-state index in [1.807, 2.05) is 0 Å². The minimum Gasteiger partial charge on any atom is -0.423 e. The summed E-state index contributed by atoms with van der Waals surface area (Å²) in [5.41, 5.74) is -3.19. The van der Waals surface area contributed by atoms with Gasteiger partial charge in [-0.2, -0.15) is 13.2 Å². The van der Waals surface area contributed by atoms with Crippen LogP contribution in [0.15, 0.2) is 17.1 Å². The molecule has 0 aliphatic carbocycles. The summed E-state index contributed by atoms with van der Waals surface area (Å²) >= 11 is 0. The Kier molecular flexibility index (Phi) is 2.67. The van der Waals surface area contributed by atoms with E-state index in [9.17, 15) is 18.0 Å². The average molecular weight is 207 g/mol. The highest BCUT2D eigenvalue weighted by atomic mass is 19.4. The number of alkyl halides is 3. The molecule has 1 rings (SSSR count). The zero-order valence-electron chi connectivity index (χ0n) is 6.67. The molecule has 0 aromatic carbocycles. The van der Waals surface area contributed by atoms with E-state index in [-0.39, 0.29) is 0 Å². The summed E-state index contributed by atoms with van der Waals surface area (Å²) in [6.07, 6.45) is -4.00. The molecule has 0 amide bonds. The van der Waals surface area contributed by atoms with E-state index >= 15 is 0 Å². The molecule has 0 aliphatic heterocycles. The maximum absolute atomic E-state index is 12.1. The van der Waals surface area contributed by atoms with Crippen LogP contribution in [0.1, 0.15) is 5.56 Å². The quantitative estimate of drug-likeness (QED) is 0.521. The van der Waals surface area contributed by atoms with Crippen molar-refractivity contribution in [2.24, 2.45) is 0 Å². The van der Waals surface area contributed by atoms with Gasteiger partial charge in [-0.05, 0) is 11.5 Å². The third-order valence-corrected chi connectivity index (χ3v) is 1.53. The lowest BCUT2D eigenvalue weighted by Crippen LogP contribution is -2.35. The minimum atomic E-state index is -4.81. The first-order chi connectivity index (χ1) is 6.32. The van der Waals surface area contributed by atoms with Crippen LogP contribution in [0.25, 0.3) is 0 Å². The molecular weight excluding hydrogens is 202 g/mol. The van der Waals surface area contributed by atoms with E-state index in [4.69, 9.17) is 10.0 Å². The van der Waals surface area contributed by atoms with Crippen LogP contribution in [0.4, 0.5) is 13.2 Å². The number of rotatable bonds is 1. The minimum absolute atomic E-state index is 0.392. The maximum atomic E-state index is 12.1. The molecule has 4 nitrogen and oxygen atoms in total. The van der Waals surface area contributed by atoms with Crippen LogP contribution in [0.5, 0.6) is 0 Å². The van der Waals surface area contributed by atoms with Crippen LogP contribution >= 0.6 is 0 Å².